The Kier molecular flexibility index (Phi) is 6.79. The van der Waals surface area contributed by atoms with Crippen molar-refractivity contribution >= 4 is 68.5 Å². The Bertz CT molecular complexity index is 1040. The van der Waals surface area contributed by atoms with Gasteiger partial charge in [-0.3, -0.25) is 14.5 Å². The zero-order valence-corrected chi connectivity index (χ0v) is 19.3. The van der Waals surface area contributed by atoms with Crippen molar-refractivity contribution in [2.45, 2.75) is 33.7 Å². The summed E-state index contributed by atoms with van der Waals surface area (Å²) in [6.07, 6.45) is 3.10. The molecule has 2 aromatic rings. The summed E-state index contributed by atoms with van der Waals surface area (Å²) in [5, 5.41) is 3.17. The maximum atomic E-state index is 12.9. The lowest BCUT2D eigenvalue weighted by atomic mass is 10.1. The number of rotatable bonds is 6. The zero-order chi connectivity index (χ0) is 22.0. The molecule has 1 atom stereocenters. The third-order valence-corrected chi connectivity index (χ3v) is 6.96. The maximum absolute atomic E-state index is 12.9. The van der Waals surface area contributed by atoms with Gasteiger partial charge in [-0.15, -0.1) is 11.3 Å². The van der Waals surface area contributed by atoms with Crippen LogP contribution in [0.1, 0.15) is 40.4 Å². The van der Waals surface area contributed by atoms with Gasteiger partial charge in [-0.05, 0) is 45.4 Å². The second-order valence-corrected chi connectivity index (χ2v) is 9.34. The monoisotopic (exact) mass is 464 g/mol. The number of thiophene rings is 1. The molecule has 0 spiro atoms. The summed E-state index contributed by atoms with van der Waals surface area (Å²) in [4.78, 5) is 40.6. The van der Waals surface area contributed by atoms with E-state index in [9.17, 15) is 14.4 Å². The van der Waals surface area contributed by atoms with E-state index >= 15 is 0 Å². The van der Waals surface area contributed by atoms with Crippen LogP contribution in [-0.4, -0.2) is 39.7 Å². The Balaban J connectivity index is 1.80. The molecule has 10 heteroatoms. The average Bonchev–Trinajstić information content (AvgIpc) is 3.36. The van der Waals surface area contributed by atoms with Gasteiger partial charge in [-0.25, -0.2) is 4.79 Å². The van der Waals surface area contributed by atoms with E-state index in [1.54, 1.807) is 39.0 Å². The second-order valence-electron chi connectivity index (χ2n) is 6.44. The van der Waals surface area contributed by atoms with Crippen molar-refractivity contribution in [2.75, 3.05) is 11.9 Å². The summed E-state index contributed by atoms with van der Waals surface area (Å²) >= 11 is 7.72. The first-order valence-corrected chi connectivity index (χ1v) is 11.2. The first-order valence-electron chi connectivity index (χ1n) is 9.13. The fourth-order valence-electron chi connectivity index (χ4n) is 2.81. The van der Waals surface area contributed by atoms with Crippen LogP contribution < -0.4 is 5.32 Å². The second kappa shape index (κ2) is 9.15. The number of carbonyl (C=O) groups is 3. The topological polar surface area (TPSA) is 88.9 Å². The molecule has 158 valence electrons. The quantitative estimate of drug-likeness (QED) is 0.386. The molecule has 0 radical (unpaired) electrons. The van der Waals surface area contributed by atoms with Gasteiger partial charge >= 0.3 is 5.97 Å². The van der Waals surface area contributed by atoms with E-state index in [2.05, 4.69) is 5.32 Å². The number of amides is 2. The van der Waals surface area contributed by atoms with Gasteiger partial charge in [-0.1, -0.05) is 24.0 Å². The van der Waals surface area contributed by atoms with Gasteiger partial charge in [-0.2, -0.15) is 0 Å². The van der Waals surface area contributed by atoms with Gasteiger partial charge in [0.15, 0.2) is 0 Å². The Labute approximate surface area is 187 Å². The molecule has 1 unspecified atom stereocenters. The van der Waals surface area contributed by atoms with E-state index in [1.165, 1.54) is 22.5 Å². The van der Waals surface area contributed by atoms with Crippen molar-refractivity contribution < 1.29 is 23.5 Å². The highest BCUT2D eigenvalue weighted by atomic mass is 32.2. The summed E-state index contributed by atoms with van der Waals surface area (Å²) in [5.41, 5.74) is 1.09. The van der Waals surface area contributed by atoms with Gasteiger partial charge in [0.2, 0.25) is 5.91 Å². The third kappa shape index (κ3) is 4.35. The number of aryl methyl sites for hydroxylation is 1. The Morgan fingerprint density at radius 1 is 1.40 bits per heavy atom. The van der Waals surface area contributed by atoms with E-state index in [0.29, 0.717) is 21.2 Å². The molecule has 2 aromatic heterocycles. The zero-order valence-electron chi connectivity index (χ0n) is 16.8. The molecule has 3 heterocycles. The predicted octanol–water partition coefficient (Wildman–Crippen LogP) is 4.36. The average molecular weight is 465 g/mol. The van der Waals surface area contributed by atoms with Crippen LogP contribution >= 0.6 is 35.3 Å². The minimum Gasteiger partial charge on any atom is -0.465 e. The summed E-state index contributed by atoms with van der Waals surface area (Å²) in [6.45, 7) is 7.21. The standard InChI is InChI=1S/C20H20N2O5S3/c1-5-26-19(25)15-10(2)12(4)29-17(15)21-16(23)11(3)22-18(24)14(30-20(22)28)9-13-7-6-8-27-13/h6-9,11H,5H2,1-4H3,(H,21,23)/b14-9+. The lowest BCUT2D eigenvalue weighted by Crippen LogP contribution is -2.44. The summed E-state index contributed by atoms with van der Waals surface area (Å²) in [7, 11) is 0. The van der Waals surface area contributed by atoms with Crippen molar-refractivity contribution in [3.63, 3.8) is 0 Å². The van der Waals surface area contributed by atoms with E-state index in [4.69, 9.17) is 21.4 Å². The summed E-state index contributed by atoms with van der Waals surface area (Å²) < 4.78 is 10.6. The van der Waals surface area contributed by atoms with Crippen LogP contribution in [0.25, 0.3) is 6.08 Å². The molecule has 0 bridgehead atoms. The normalized spacial score (nSPS) is 16.3. The molecule has 7 nitrogen and oxygen atoms in total. The van der Waals surface area contributed by atoms with Gasteiger partial charge in [0.25, 0.3) is 5.91 Å². The molecule has 0 aliphatic carbocycles. The number of thiocarbonyl (C=S) groups is 1. The van der Waals surface area contributed by atoms with Crippen molar-refractivity contribution in [3.05, 3.63) is 45.1 Å². The number of carbonyl (C=O) groups excluding carboxylic acids is 3. The number of nitrogens with one attached hydrogen (secondary N) is 1. The number of nitrogens with zero attached hydrogens (tertiary/aromatic N) is 1. The smallest absolute Gasteiger partial charge is 0.341 e. The predicted molar refractivity (Wildman–Crippen MR) is 122 cm³/mol. The number of anilines is 1. The van der Waals surface area contributed by atoms with E-state index in [1.807, 2.05) is 6.92 Å². The largest absolute Gasteiger partial charge is 0.465 e. The lowest BCUT2D eigenvalue weighted by molar-refractivity contribution is -0.129. The van der Waals surface area contributed by atoms with Crippen LogP contribution in [0.3, 0.4) is 0 Å². The van der Waals surface area contributed by atoms with Crippen molar-refractivity contribution in [3.8, 4) is 0 Å². The van der Waals surface area contributed by atoms with E-state index in [-0.39, 0.29) is 16.8 Å². The van der Waals surface area contributed by atoms with Crippen molar-refractivity contribution in [1.29, 1.82) is 0 Å². The maximum Gasteiger partial charge on any atom is 0.341 e. The SMILES string of the molecule is CCOC(=O)c1c(NC(=O)C(C)N2C(=O)/C(=C\c3ccco3)SC2=S)sc(C)c1C. The fourth-order valence-corrected chi connectivity index (χ4v) is 5.26. The minimum absolute atomic E-state index is 0.232. The molecule has 1 saturated heterocycles. The van der Waals surface area contributed by atoms with Crippen LogP contribution in [-0.2, 0) is 14.3 Å². The fraction of sp³-hybridized carbons (Fsp3) is 0.300. The molecule has 1 aliphatic heterocycles. The van der Waals surface area contributed by atoms with Crippen LogP contribution in [0.2, 0.25) is 0 Å². The highest BCUT2D eigenvalue weighted by Gasteiger charge is 2.38. The van der Waals surface area contributed by atoms with Crippen LogP contribution in [0.15, 0.2) is 27.7 Å². The van der Waals surface area contributed by atoms with Gasteiger partial charge in [0.05, 0.1) is 23.3 Å². The van der Waals surface area contributed by atoms with Crippen LogP contribution in [0.4, 0.5) is 5.00 Å². The molecule has 1 aliphatic rings. The first kappa shape index (κ1) is 22.3. The van der Waals surface area contributed by atoms with Crippen LogP contribution in [0, 0.1) is 13.8 Å². The molecule has 0 saturated carbocycles. The number of hydrogen-bond acceptors (Lipinski definition) is 8. The number of esters is 1. The summed E-state index contributed by atoms with van der Waals surface area (Å²) in [6, 6.07) is 2.58. The number of thioether (sulfide) groups is 1. The first-order chi connectivity index (χ1) is 14.2. The highest BCUT2D eigenvalue weighted by molar-refractivity contribution is 8.26. The van der Waals surface area contributed by atoms with E-state index in [0.717, 1.165) is 22.2 Å². The molecule has 1 N–H and O–H groups in total. The molecular weight excluding hydrogens is 444 g/mol. The van der Waals surface area contributed by atoms with Crippen LogP contribution in [0.5, 0.6) is 0 Å². The van der Waals surface area contributed by atoms with Gasteiger partial charge < -0.3 is 14.5 Å². The Morgan fingerprint density at radius 2 is 2.13 bits per heavy atom. The number of hydrogen-bond donors (Lipinski definition) is 1. The molecular formula is C20H20N2O5S3. The molecule has 1 fully saturated rings. The molecule has 0 aromatic carbocycles. The van der Waals surface area contributed by atoms with Gasteiger partial charge in [0, 0.05) is 11.0 Å². The molecule has 2 amide bonds. The minimum atomic E-state index is -0.863. The third-order valence-electron chi connectivity index (χ3n) is 4.51. The number of ether oxygens (including phenoxy) is 1. The Morgan fingerprint density at radius 3 is 2.77 bits per heavy atom. The summed E-state index contributed by atoms with van der Waals surface area (Å²) in [5.74, 6) is -0.781. The Hall–Kier alpha value is -2.43. The van der Waals surface area contributed by atoms with Gasteiger partial charge in [0.1, 0.15) is 21.1 Å². The highest BCUT2D eigenvalue weighted by Crippen LogP contribution is 2.36. The lowest BCUT2D eigenvalue weighted by Gasteiger charge is -2.22. The molecule has 30 heavy (non-hydrogen) atoms. The number of furan rings is 1. The van der Waals surface area contributed by atoms with Crippen molar-refractivity contribution in [1.82, 2.24) is 4.90 Å². The molecule has 3 rings (SSSR count). The van der Waals surface area contributed by atoms with Crippen molar-refractivity contribution in [2.24, 2.45) is 0 Å². The van der Waals surface area contributed by atoms with E-state index < -0.39 is 17.9 Å².